The highest BCUT2D eigenvalue weighted by Gasteiger charge is 2.52. The highest BCUT2D eigenvalue weighted by atomic mass is 16.7. The van der Waals surface area contributed by atoms with Gasteiger partial charge in [-0.25, -0.2) is 4.79 Å². The molecular formula is C23H36BNO5. The predicted octanol–water partition coefficient (Wildman–Crippen LogP) is 4.11. The zero-order valence-corrected chi connectivity index (χ0v) is 19.7. The van der Waals surface area contributed by atoms with Crippen molar-refractivity contribution in [2.24, 2.45) is 0 Å². The summed E-state index contributed by atoms with van der Waals surface area (Å²) < 4.78 is 23.6. The summed E-state index contributed by atoms with van der Waals surface area (Å²) in [4.78, 5) is 14.2. The molecule has 0 aromatic heterocycles. The maximum absolute atomic E-state index is 12.3. The minimum absolute atomic E-state index is 0.228. The summed E-state index contributed by atoms with van der Waals surface area (Å²) in [5, 5.41) is 0. The van der Waals surface area contributed by atoms with Crippen LogP contribution in [0.15, 0.2) is 18.2 Å². The number of hydrogen-bond donors (Lipinski definition) is 0. The number of benzene rings is 1. The van der Waals surface area contributed by atoms with Crippen molar-refractivity contribution in [2.45, 2.75) is 84.0 Å². The molecule has 1 aromatic carbocycles. The lowest BCUT2D eigenvalue weighted by molar-refractivity contribution is 0.00578. The normalized spacial score (nSPS) is 21.6. The van der Waals surface area contributed by atoms with Gasteiger partial charge in [0.25, 0.3) is 0 Å². The second-order valence-electron chi connectivity index (χ2n) is 10.3. The molecule has 0 aliphatic carbocycles. The van der Waals surface area contributed by atoms with Gasteiger partial charge in [-0.1, -0.05) is 12.1 Å². The lowest BCUT2D eigenvalue weighted by Crippen LogP contribution is -2.41. The number of methoxy groups -OCH3 is 1. The van der Waals surface area contributed by atoms with Crippen LogP contribution in [0.2, 0.25) is 0 Å². The number of nitrogens with zero attached hydrogens (tertiary/aromatic N) is 1. The second kappa shape index (κ2) is 8.08. The lowest BCUT2D eigenvalue weighted by Gasteiger charge is -2.33. The summed E-state index contributed by atoms with van der Waals surface area (Å²) in [6.45, 7) is 15.3. The third-order valence-electron chi connectivity index (χ3n) is 6.38. The Balaban J connectivity index is 1.73. The molecule has 0 N–H and O–H groups in total. The smallest absolute Gasteiger partial charge is 0.497 e. The number of rotatable bonds is 3. The van der Waals surface area contributed by atoms with E-state index in [-0.39, 0.29) is 6.09 Å². The van der Waals surface area contributed by atoms with Gasteiger partial charge in [0.2, 0.25) is 0 Å². The van der Waals surface area contributed by atoms with Gasteiger partial charge in [0.15, 0.2) is 0 Å². The lowest BCUT2D eigenvalue weighted by atomic mass is 9.75. The molecule has 0 unspecified atom stereocenters. The van der Waals surface area contributed by atoms with Crippen LogP contribution >= 0.6 is 0 Å². The predicted molar refractivity (Wildman–Crippen MR) is 118 cm³/mol. The van der Waals surface area contributed by atoms with Crippen molar-refractivity contribution in [3.63, 3.8) is 0 Å². The first-order chi connectivity index (χ1) is 13.8. The van der Waals surface area contributed by atoms with E-state index in [1.165, 1.54) is 5.56 Å². The maximum Gasteiger partial charge on any atom is 0.498 e. The summed E-state index contributed by atoms with van der Waals surface area (Å²) in [6.07, 6.45) is 1.57. The van der Waals surface area contributed by atoms with E-state index in [4.69, 9.17) is 18.8 Å². The van der Waals surface area contributed by atoms with Crippen LogP contribution in [0, 0.1) is 0 Å². The van der Waals surface area contributed by atoms with Gasteiger partial charge in [-0.2, -0.15) is 0 Å². The van der Waals surface area contributed by atoms with Gasteiger partial charge >= 0.3 is 13.2 Å². The van der Waals surface area contributed by atoms with Gasteiger partial charge in [0.1, 0.15) is 11.4 Å². The van der Waals surface area contributed by atoms with Crippen LogP contribution in [-0.4, -0.2) is 55.1 Å². The molecule has 2 fully saturated rings. The van der Waals surface area contributed by atoms with Crippen molar-refractivity contribution >= 4 is 18.7 Å². The van der Waals surface area contributed by atoms with E-state index < -0.39 is 23.9 Å². The van der Waals surface area contributed by atoms with Crippen LogP contribution in [0.3, 0.4) is 0 Å². The molecule has 1 amide bonds. The van der Waals surface area contributed by atoms with Gasteiger partial charge < -0.3 is 23.7 Å². The molecular weight excluding hydrogens is 381 g/mol. The maximum atomic E-state index is 12.3. The third-order valence-corrected chi connectivity index (χ3v) is 6.38. The third kappa shape index (κ3) is 4.78. The number of hydrogen-bond acceptors (Lipinski definition) is 5. The van der Waals surface area contributed by atoms with Crippen LogP contribution in [0.1, 0.15) is 72.8 Å². The number of carbonyl (C=O) groups is 1. The molecule has 7 heteroatoms. The van der Waals surface area contributed by atoms with E-state index in [2.05, 4.69) is 39.8 Å². The quantitative estimate of drug-likeness (QED) is 0.693. The number of carbonyl (C=O) groups excluding carboxylic acids is 1. The number of likely N-dealkylation sites (tertiary alicyclic amines) is 1. The molecule has 0 atom stereocenters. The van der Waals surface area contributed by atoms with Crippen molar-refractivity contribution < 1.29 is 23.6 Å². The van der Waals surface area contributed by atoms with E-state index in [9.17, 15) is 4.79 Å². The zero-order chi connectivity index (χ0) is 22.3. The fourth-order valence-electron chi connectivity index (χ4n) is 3.88. The molecule has 166 valence electrons. The highest BCUT2D eigenvalue weighted by molar-refractivity contribution is 6.63. The molecule has 1 aromatic rings. The Morgan fingerprint density at radius 3 is 2.17 bits per heavy atom. The molecule has 2 heterocycles. The molecule has 6 nitrogen and oxygen atoms in total. The Labute approximate surface area is 181 Å². The highest BCUT2D eigenvalue weighted by Crippen LogP contribution is 2.38. The molecule has 3 rings (SSSR count). The van der Waals surface area contributed by atoms with Crippen molar-refractivity contribution in [1.29, 1.82) is 0 Å². The van der Waals surface area contributed by atoms with Crippen molar-refractivity contribution in [3.8, 4) is 5.75 Å². The van der Waals surface area contributed by atoms with Gasteiger partial charge in [0, 0.05) is 18.6 Å². The van der Waals surface area contributed by atoms with E-state index in [0.29, 0.717) is 19.0 Å². The Morgan fingerprint density at radius 1 is 1.10 bits per heavy atom. The van der Waals surface area contributed by atoms with Crippen molar-refractivity contribution in [3.05, 3.63) is 23.8 Å². The SMILES string of the molecule is COc1ccc(C2CCN(C(=O)OC(C)(C)C)CC2)cc1B1OC(C)(C)C(C)(C)O1. The minimum Gasteiger partial charge on any atom is -0.497 e. The molecule has 0 saturated carbocycles. The average Bonchev–Trinajstić information content (AvgIpc) is 2.87. The monoisotopic (exact) mass is 417 g/mol. The van der Waals surface area contributed by atoms with Gasteiger partial charge in [-0.05, 0) is 78.9 Å². The standard InChI is InChI=1S/C23H36BNO5/c1-21(2,3)28-20(26)25-13-11-16(12-14-25)17-9-10-19(27-8)18(15-17)24-29-22(4,5)23(6,7)30-24/h9-10,15-16H,11-14H2,1-8H3. The van der Waals surface area contributed by atoms with E-state index >= 15 is 0 Å². The van der Waals surface area contributed by atoms with Gasteiger partial charge in [-0.3, -0.25) is 0 Å². The summed E-state index contributed by atoms with van der Waals surface area (Å²) >= 11 is 0. The van der Waals surface area contributed by atoms with E-state index in [0.717, 1.165) is 24.1 Å². The molecule has 2 aliphatic rings. The average molecular weight is 417 g/mol. The molecule has 2 saturated heterocycles. The summed E-state index contributed by atoms with van der Waals surface area (Å²) in [5.74, 6) is 1.14. The van der Waals surface area contributed by atoms with Crippen LogP contribution in [0.4, 0.5) is 4.79 Å². The van der Waals surface area contributed by atoms with Crippen LogP contribution in [-0.2, 0) is 14.0 Å². The molecule has 0 bridgehead atoms. The first kappa shape index (κ1) is 22.9. The van der Waals surface area contributed by atoms with Crippen LogP contribution in [0.5, 0.6) is 5.75 Å². The fraction of sp³-hybridized carbons (Fsp3) is 0.696. The molecule has 30 heavy (non-hydrogen) atoms. The second-order valence-corrected chi connectivity index (χ2v) is 10.3. The van der Waals surface area contributed by atoms with Crippen molar-refractivity contribution in [2.75, 3.05) is 20.2 Å². The summed E-state index contributed by atoms with van der Waals surface area (Å²) in [7, 11) is 1.20. The number of amides is 1. The number of ether oxygens (including phenoxy) is 2. The minimum atomic E-state index is -0.471. The van der Waals surface area contributed by atoms with Gasteiger partial charge in [0.05, 0.1) is 18.3 Å². The molecule has 0 radical (unpaired) electrons. The van der Waals surface area contributed by atoms with Crippen LogP contribution in [0.25, 0.3) is 0 Å². The molecule has 2 aliphatic heterocycles. The van der Waals surface area contributed by atoms with Gasteiger partial charge in [-0.15, -0.1) is 0 Å². The van der Waals surface area contributed by atoms with E-state index in [1.54, 1.807) is 12.0 Å². The molecule has 0 spiro atoms. The fourth-order valence-corrected chi connectivity index (χ4v) is 3.88. The first-order valence-corrected chi connectivity index (χ1v) is 10.8. The largest absolute Gasteiger partial charge is 0.498 e. The van der Waals surface area contributed by atoms with Crippen LogP contribution < -0.4 is 10.2 Å². The Hall–Kier alpha value is -1.73. The zero-order valence-electron chi connectivity index (χ0n) is 19.7. The summed E-state index contributed by atoms with van der Waals surface area (Å²) in [5.41, 5.74) is 0.865. The number of piperidine rings is 1. The summed E-state index contributed by atoms with van der Waals surface area (Å²) in [6, 6.07) is 6.26. The Kier molecular flexibility index (Phi) is 6.18. The first-order valence-electron chi connectivity index (χ1n) is 10.8. The topological polar surface area (TPSA) is 57.2 Å². The Bertz CT molecular complexity index is 762. The Morgan fingerprint density at radius 2 is 1.67 bits per heavy atom. The van der Waals surface area contributed by atoms with E-state index in [1.807, 2.05) is 26.8 Å². The van der Waals surface area contributed by atoms with Crippen molar-refractivity contribution in [1.82, 2.24) is 4.90 Å².